The molecule has 0 bridgehead atoms. The smallest absolute Gasteiger partial charge is 0.269 e. The molecule has 2 unspecified atom stereocenters. The normalized spacial score (nSPS) is 21.6. The number of carbonyl (C=O) groups is 1. The molecule has 1 aliphatic rings. The number of nitrogens with one attached hydrogen (secondary N) is 1. The van der Waals surface area contributed by atoms with Crippen LogP contribution in [0.3, 0.4) is 0 Å². The van der Waals surface area contributed by atoms with E-state index in [1.165, 1.54) is 0 Å². The fourth-order valence-corrected chi connectivity index (χ4v) is 2.88. The molecule has 1 aliphatic carbocycles. The number of pyridine rings is 1. The second-order valence-electron chi connectivity index (χ2n) is 5.66. The predicted octanol–water partition coefficient (Wildman–Crippen LogP) is 1.71. The molecule has 1 heterocycles. The highest BCUT2D eigenvalue weighted by Gasteiger charge is 2.23. The Kier molecular flexibility index (Phi) is 3.75. The van der Waals surface area contributed by atoms with E-state index < -0.39 is 0 Å². The summed E-state index contributed by atoms with van der Waals surface area (Å²) in [5.74, 6) is 0.135. The van der Waals surface area contributed by atoms with Gasteiger partial charge in [-0.05, 0) is 37.3 Å². The van der Waals surface area contributed by atoms with Gasteiger partial charge < -0.3 is 16.2 Å². The maximum Gasteiger partial charge on any atom is 0.269 e. The Morgan fingerprint density at radius 1 is 1.38 bits per heavy atom. The third kappa shape index (κ3) is 2.97. The maximum absolute atomic E-state index is 12.2. The fraction of sp³-hybridized carbons (Fsp3) is 0.375. The summed E-state index contributed by atoms with van der Waals surface area (Å²) in [4.78, 5) is 16.5. The van der Waals surface area contributed by atoms with E-state index in [2.05, 4.69) is 10.3 Å². The van der Waals surface area contributed by atoms with E-state index in [0.717, 1.165) is 30.2 Å². The van der Waals surface area contributed by atoms with E-state index >= 15 is 0 Å². The number of carbonyl (C=O) groups excluding carboxylic acids is 1. The molecule has 0 spiro atoms. The van der Waals surface area contributed by atoms with Crippen LogP contribution in [0.5, 0.6) is 0 Å². The minimum Gasteiger partial charge on any atom is -0.398 e. The van der Waals surface area contributed by atoms with Gasteiger partial charge in [0.2, 0.25) is 0 Å². The van der Waals surface area contributed by atoms with E-state index in [1.807, 2.05) is 24.3 Å². The van der Waals surface area contributed by atoms with Crippen molar-refractivity contribution in [2.24, 2.45) is 5.92 Å². The van der Waals surface area contributed by atoms with Crippen molar-refractivity contribution in [3.05, 3.63) is 36.0 Å². The molecule has 110 valence electrons. The summed E-state index contributed by atoms with van der Waals surface area (Å²) >= 11 is 0. The Morgan fingerprint density at radius 3 is 2.95 bits per heavy atom. The highest BCUT2D eigenvalue weighted by molar-refractivity contribution is 5.99. The molecule has 1 aromatic heterocycles. The molecule has 0 radical (unpaired) electrons. The van der Waals surface area contributed by atoms with Crippen LogP contribution >= 0.6 is 0 Å². The van der Waals surface area contributed by atoms with E-state index in [9.17, 15) is 9.90 Å². The number of aliphatic hydroxyl groups is 1. The van der Waals surface area contributed by atoms with Gasteiger partial charge in [-0.2, -0.15) is 0 Å². The van der Waals surface area contributed by atoms with Crippen LogP contribution in [0, 0.1) is 5.92 Å². The topological polar surface area (TPSA) is 88.2 Å². The van der Waals surface area contributed by atoms with Crippen molar-refractivity contribution in [2.75, 3.05) is 12.3 Å². The Balaban J connectivity index is 1.72. The SMILES string of the molecule is Nc1cc(C(=O)NCC2CCC(O)C2)nc2ccccc12. The molecular formula is C16H19N3O2. The monoisotopic (exact) mass is 285 g/mol. The molecule has 5 heteroatoms. The molecule has 4 N–H and O–H groups in total. The second kappa shape index (κ2) is 5.69. The first-order chi connectivity index (χ1) is 10.1. The standard InChI is InChI=1S/C16H19N3O2/c17-13-8-15(19-14-4-2-1-3-12(13)14)16(21)18-9-10-5-6-11(20)7-10/h1-4,8,10-11,20H,5-7,9H2,(H2,17,19)(H,18,21). The number of hydrogen-bond acceptors (Lipinski definition) is 4. The molecule has 2 aromatic rings. The van der Waals surface area contributed by atoms with Crippen molar-refractivity contribution in [3.8, 4) is 0 Å². The lowest BCUT2D eigenvalue weighted by Crippen LogP contribution is -2.29. The number of rotatable bonds is 3. The molecule has 1 amide bonds. The number of anilines is 1. The zero-order valence-corrected chi connectivity index (χ0v) is 11.7. The van der Waals surface area contributed by atoms with Crippen molar-refractivity contribution < 1.29 is 9.90 Å². The number of benzene rings is 1. The lowest BCUT2D eigenvalue weighted by Gasteiger charge is -2.11. The average Bonchev–Trinajstić information content (AvgIpc) is 2.90. The Labute approximate surface area is 123 Å². The van der Waals surface area contributed by atoms with Crippen molar-refractivity contribution in [2.45, 2.75) is 25.4 Å². The number of amides is 1. The number of para-hydroxylation sites is 1. The quantitative estimate of drug-likeness (QED) is 0.801. The van der Waals surface area contributed by atoms with Crippen molar-refractivity contribution >= 4 is 22.5 Å². The minimum atomic E-state index is -0.221. The van der Waals surface area contributed by atoms with Crippen molar-refractivity contribution in [1.82, 2.24) is 10.3 Å². The summed E-state index contributed by atoms with van der Waals surface area (Å²) in [6.45, 7) is 0.574. The first kappa shape index (κ1) is 13.8. The maximum atomic E-state index is 12.2. The van der Waals surface area contributed by atoms with Gasteiger partial charge in [0.25, 0.3) is 5.91 Å². The number of fused-ring (bicyclic) bond motifs is 1. The lowest BCUT2D eigenvalue weighted by atomic mass is 10.1. The van der Waals surface area contributed by atoms with Crippen LogP contribution in [0.25, 0.3) is 10.9 Å². The largest absolute Gasteiger partial charge is 0.398 e. The Morgan fingerprint density at radius 2 is 2.19 bits per heavy atom. The van der Waals surface area contributed by atoms with E-state index in [4.69, 9.17) is 5.73 Å². The molecule has 1 saturated carbocycles. The molecule has 5 nitrogen and oxygen atoms in total. The van der Waals surface area contributed by atoms with Gasteiger partial charge in [0, 0.05) is 17.6 Å². The van der Waals surface area contributed by atoms with Gasteiger partial charge in [-0.3, -0.25) is 4.79 Å². The summed E-state index contributed by atoms with van der Waals surface area (Å²) < 4.78 is 0. The van der Waals surface area contributed by atoms with E-state index in [1.54, 1.807) is 6.07 Å². The van der Waals surface area contributed by atoms with Crippen molar-refractivity contribution in [1.29, 1.82) is 0 Å². The number of nitrogen functional groups attached to an aromatic ring is 1. The van der Waals surface area contributed by atoms with Crippen LogP contribution in [-0.4, -0.2) is 28.6 Å². The number of hydrogen-bond donors (Lipinski definition) is 3. The number of aliphatic hydroxyl groups excluding tert-OH is 1. The van der Waals surface area contributed by atoms with Crippen LogP contribution in [0.4, 0.5) is 5.69 Å². The van der Waals surface area contributed by atoms with Crippen LogP contribution in [0.2, 0.25) is 0 Å². The first-order valence-electron chi connectivity index (χ1n) is 7.25. The summed E-state index contributed by atoms with van der Waals surface area (Å²) in [5, 5.41) is 13.2. The Bertz CT molecular complexity index is 672. The zero-order chi connectivity index (χ0) is 14.8. The van der Waals surface area contributed by atoms with Gasteiger partial charge in [-0.15, -0.1) is 0 Å². The Hall–Kier alpha value is -2.14. The molecule has 0 saturated heterocycles. The summed E-state index contributed by atoms with van der Waals surface area (Å²) in [7, 11) is 0. The minimum absolute atomic E-state index is 0.214. The van der Waals surface area contributed by atoms with Crippen LogP contribution in [0.15, 0.2) is 30.3 Å². The fourth-order valence-electron chi connectivity index (χ4n) is 2.88. The van der Waals surface area contributed by atoms with E-state index in [-0.39, 0.29) is 12.0 Å². The molecular weight excluding hydrogens is 266 g/mol. The molecule has 0 aliphatic heterocycles. The van der Waals surface area contributed by atoms with Gasteiger partial charge in [0.15, 0.2) is 0 Å². The lowest BCUT2D eigenvalue weighted by molar-refractivity contribution is 0.0940. The second-order valence-corrected chi connectivity index (χ2v) is 5.66. The van der Waals surface area contributed by atoms with Crippen LogP contribution in [-0.2, 0) is 0 Å². The summed E-state index contributed by atoms with van der Waals surface area (Å²) in [6.07, 6.45) is 2.31. The molecule has 21 heavy (non-hydrogen) atoms. The number of nitrogens with zero attached hydrogens (tertiary/aromatic N) is 1. The number of aromatic nitrogens is 1. The average molecular weight is 285 g/mol. The predicted molar refractivity (Wildman–Crippen MR) is 81.8 cm³/mol. The first-order valence-corrected chi connectivity index (χ1v) is 7.25. The molecule has 1 aromatic carbocycles. The highest BCUT2D eigenvalue weighted by Crippen LogP contribution is 2.25. The molecule has 3 rings (SSSR count). The third-order valence-corrected chi connectivity index (χ3v) is 4.05. The van der Waals surface area contributed by atoms with Gasteiger partial charge in [0.05, 0.1) is 11.6 Å². The number of nitrogens with two attached hydrogens (primary N) is 1. The van der Waals surface area contributed by atoms with Crippen LogP contribution < -0.4 is 11.1 Å². The van der Waals surface area contributed by atoms with Crippen LogP contribution in [0.1, 0.15) is 29.8 Å². The van der Waals surface area contributed by atoms with Gasteiger partial charge >= 0.3 is 0 Å². The van der Waals surface area contributed by atoms with Crippen molar-refractivity contribution in [3.63, 3.8) is 0 Å². The van der Waals surface area contributed by atoms with Gasteiger partial charge in [0.1, 0.15) is 5.69 Å². The molecule has 2 atom stereocenters. The van der Waals surface area contributed by atoms with E-state index in [0.29, 0.717) is 23.8 Å². The zero-order valence-electron chi connectivity index (χ0n) is 11.7. The summed E-state index contributed by atoms with van der Waals surface area (Å²) in [5.41, 5.74) is 7.59. The third-order valence-electron chi connectivity index (χ3n) is 4.05. The molecule has 1 fully saturated rings. The highest BCUT2D eigenvalue weighted by atomic mass is 16.3. The van der Waals surface area contributed by atoms with Gasteiger partial charge in [-0.25, -0.2) is 4.98 Å². The summed E-state index contributed by atoms with van der Waals surface area (Å²) in [6, 6.07) is 9.11. The van der Waals surface area contributed by atoms with Gasteiger partial charge in [-0.1, -0.05) is 18.2 Å².